The van der Waals surface area contributed by atoms with Crippen molar-refractivity contribution in [3.05, 3.63) is 35.5 Å². The minimum Gasteiger partial charge on any atom is -0.241 e. The Hall–Kier alpha value is -1.51. The second-order valence-corrected chi connectivity index (χ2v) is 3.08. The largest absolute Gasteiger partial charge is 0.241 e. The standard InChI is InChI=1S/C10H9FN2/c1-6-3-8-7(2)12-5-13-10(8)4-9(6)11/h3-5H,1-2H3. The molecule has 0 unspecified atom stereocenters. The molecule has 0 N–H and O–H groups in total. The molecular weight excluding hydrogens is 167 g/mol. The molecule has 66 valence electrons. The van der Waals surface area contributed by atoms with Crippen LogP contribution in [0.3, 0.4) is 0 Å². The molecule has 2 rings (SSSR count). The summed E-state index contributed by atoms with van der Waals surface area (Å²) >= 11 is 0. The van der Waals surface area contributed by atoms with Crippen LogP contribution in [0.4, 0.5) is 4.39 Å². The maximum atomic E-state index is 13.1. The Morgan fingerprint density at radius 2 is 1.92 bits per heavy atom. The van der Waals surface area contributed by atoms with Crippen LogP contribution >= 0.6 is 0 Å². The highest BCUT2D eigenvalue weighted by molar-refractivity contribution is 5.81. The van der Waals surface area contributed by atoms with Crippen LogP contribution in [0.1, 0.15) is 11.3 Å². The molecule has 1 heterocycles. The molecule has 0 amide bonds. The van der Waals surface area contributed by atoms with E-state index in [1.807, 2.05) is 6.92 Å². The maximum absolute atomic E-state index is 13.1. The van der Waals surface area contributed by atoms with Crippen molar-refractivity contribution in [2.45, 2.75) is 13.8 Å². The summed E-state index contributed by atoms with van der Waals surface area (Å²) in [6.07, 6.45) is 1.45. The summed E-state index contributed by atoms with van der Waals surface area (Å²) in [5, 5.41) is 0.918. The third-order valence-electron chi connectivity index (χ3n) is 2.11. The summed E-state index contributed by atoms with van der Waals surface area (Å²) in [7, 11) is 0. The van der Waals surface area contributed by atoms with Crippen LogP contribution in [0.15, 0.2) is 18.5 Å². The molecule has 2 nitrogen and oxygen atoms in total. The van der Waals surface area contributed by atoms with Crippen LogP contribution in [0, 0.1) is 19.7 Å². The van der Waals surface area contributed by atoms with Crippen molar-refractivity contribution in [2.24, 2.45) is 0 Å². The molecule has 0 atom stereocenters. The summed E-state index contributed by atoms with van der Waals surface area (Å²) < 4.78 is 13.1. The first-order chi connectivity index (χ1) is 6.18. The van der Waals surface area contributed by atoms with Crippen LogP contribution in [0.2, 0.25) is 0 Å². The number of hydrogen-bond donors (Lipinski definition) is 0. The SMILES string of the molecule is Cc1cc2c(C)ncnc2cc1F. The zero-order valence-electron chi connectivity index (χ0n) is 7.50. The highest BCUT2D eigenvalue weighted by Gasteiger charge is 2.03. The van der Waals surface area contributed by atoms with Gasteiger partial charge in [0.05, 0.1) is 5.52 Å². The molecule has 3 heteroatoms. The summed E-state index contributed by atoms with van der Waals surface area (Å²) in [5.74, 6) is -0.217. The van der Waals surface area contributed by atoms with Crippen molar-refractivity contribution in [1.82, 2.24) is 9.97 Å². The van der Waals surface area contributed by atoms with Crippen molar-refractivity contribution in [2.75, 3.05) is 0 Å². The van der Waals surface area contributed by atoms with Gasteiger partial charge < -0.3 is 0 Å². The Morgan fingerprint density at radius 1 is 1.15 bits per heavy atom. The first-order valence-corrected chi connectivity index (χ1v) is 4.06. The predicted octanol–water partition coefficient (Wildman–Crippen LogP) is 2.39. The van der Waals surface area contributed by atoms with Crippen molar-refractivity contribution in [3.8, 4) is 0 Å². The molecule has 0 spiro atoms. The van der Waals surface area contributed by atoms with E-state index in [2.05, 4.69) is 9.97 Å². The summed E-state index contributed by atoms with van der Waals surface area (Å²) in [6, 6.07) is 3.22. The average Bonchev–Trinajstić information content (AvgIpc) is 2.09. The molecule has 0 saturated carbocycles. The molecule has 0 aliphatic carbocycles. The van der Waals surface area contributed by atoms with Gasteiger partial charge in [0, 0.05) is 17.1 Å². The zero-order chi connectivity index (χ0) is 9.42. The third kappa shape index (κ3) is 1.26. The summed E-state index contributed by atoms with van der Waals surface area (Å²) in [6.45, 7) is 3.63. The fraction of sp³-hybridized carbons (Fsp3) is 0.200. The monoisotopic (exact) mass is 176 g/mol. The van der Waals surface area contributed by atoms with E-state index in [9.17, 15) is 4.39 Å². The number of rotatable bonds is 0. The lowest BCUT2D eigenvalue weighted by molar-refractivity contribution is 0.620. The van der Waals surface area contributed by atoms with E-state index in [1.165, 1.54) is 12.4 Å². The molecule has 0 saturated heterocycles. The quantitative estimate of drug-likeness (QED) is 0.616. The Balaban J connectivity index is 2.89. The van der Waals surface area contributed by atoms with E-state index in [0.717, 1.165) is 11.1 Å². The smallest absolute Gasteiger partial charge is 0.128 e. The molecule has 0 fully saturated rings. The highest BCUT2D eigenvalue weighted by Crippen LogP contribution is 2.18. The van der Waals surface area contributed by atoms with Gasteiger partial charge in [-0.15, -0.1) is 0 Å². The molecule has 0 aliphatic heterocycles. The first kappa shape index (κ1) is 8.10. The van der Waals surface area contributed by atoms with Crippen molar-refractivity contribution in [3.63, 3.8) is 0 Å². The van der Waals surface area contributed by atoms with Crippen molar-refractivity contribution >= 4 is 10.9 Å². The third-order valence-corrected chi connectivity index (χ3v) is 2.11. The topological polar surface area (TPSA) is 25.8 Å². The Morgan fingerprint density at radius 3 is 2.69 bits per heavy atom. The van der Waals surface area contributed by atoms with Gasteiger partial charge in [-0.2, -0.15) is 0 Å². The van der Waals surface area contributed by atoms with Crippen molar-refractivity contribution < 1.29 is 4.39 Å². The van der Waals surface area contributed by atoms with Crippen LogP contribution in [-0.4, -0.2) is 9.97 Å². The molecular formula is C10H9FN2. The number of hydrogen-bond acceptors (Lipinski definition) is 2. The Labute approximate surface area is 75.4 Å². The predicted molar refractivity (Wildman–Crippen MR) is 49.0 cm³/mol. The van der Waals surface area contributed by atoms with Crippen LogP contribution in [-0.2, 0) is 0 Å². The zero-order valence-corrected chi connectivity index (χ0v) is 7.50. The molecule has 2 aromatic rings. The Bertz CT molecular complexity index is 466. The van der Waals surface area contributed by atoms with Crippen LogP contribution in [0.25, 0.3) is 10.9 Å². The Kier molecular flexibility index (Phi) is 1.72. The fourth-order valence-electron chi connectivity index (χ4n) is 1.31. The van der Waals surface area contributed by atoms with E-state index in [0.29, 0.717) is 11.1 Å². The highest BCUT2D eigenvalue weighted by atomic mass is 19.1. The lowest BCUT2D eigenvalue weighted by Gasteiger charge is -2.02. The van der Waals surface area contributed by atoms with Gasteiger partial charge in [-0.05, 0) is 25.5 Å². The van der Waals surface area contributed by atoms with Gasteiger partial charge in [0.1, 0.15) is 12.1 Å². The van der Waals surface area contributed by atoms with E-state index in [1.54, 1.807) is 13.0 Å². The molecule has 1 aromatic heterocycles. The second-order valence-electron chi connectivity index (χ2n) is 3.08. The summed E-state index contributed by atoms with van der Waals surface area (Å²) in [4.78, 5) is 8.04. The average molecular weight is 176 g/mol. The maximum Gasteiger partial charge on any atom is 0.128 e. The lowest BCUT2D eigenvalue weighted by atomic mass is 10.1. The number of fused-ring (bicyclic) bond motifs is 1. The minimum atomic E-state index is -0.217. The first-order valence-electron chi connectivity index (χ1n) is 4.06. The van der Waals surface area contributed by atoms with E-state index in [-0.39, 0.29) is 5.82 Å². The van der Waals surface area contributed by atoms with E-state index < -0.39 is 0 Å². The number of aromatic nitrogens is 2. The van der Waals surface area contributed by atoms with Crippen molar-refractivity contribution in [1.29, 1.82) is 0 Å². The van der Waals surface area contributed by atoms with Crippen LogP contribution < -0.4 is 0 Å². The van der Waals surface area contributed by atoms with Gasteiger partial charge in [0.15, 0.2) is 0 Å². The minimum absolute atomic E-state index is 0.217. The van der Waals surface area contributed by atoms with E-state index >= 15 is 0 Å². The normalized spacial score (nSPS) is 10.7. The molecule has 1 aromatic carbocycles. The van der Waals surface area contributed by atoms with Gasteiger partial charge >= 0.3 is 0 Å². The number of halogens is 1. The van der Waals surface area contributed by atoms with E-state index in [4.69, 9.17) is 0 Å². The molecule has 13 heavy (non-hydrogen) atoms. The molecule has 0 bridgehead atoms. The lowest BCUT2D eigenvalue weighted by Crippen LogP contribution is -1.90. The number of aryl methyl sites for hydroxylation is 2. The van der Waals surface area contributed by atoms with Gasteiger partial charge in [-0.25, -0.2) is 14.4 Å². The van der Waals surface area contributed by atoms with Gasteiger partial charge in [-0.1, -0.05) is 0 Å². The van der Waals surface area contributed by atoms with Crippen LogP contribution in [0.5, 0.6) is 0 Å². The summed E-state index contributed by atoms with van der Waals surface area (Å²) in [5.41, 5.74) is 2.18. The number of nitrogens with zero attached hydrogens (tertiary/aromatic N) is 2. The second kappa shape index (κ2) is 2.76. The van der Waals surface area contributed by atoms with Gasteiger partial charge in [-0.3, -0.25) is 0 Å². The number of benzene rings is 1. The fourth-order valence-corrected chi connectivity index (χ4v) is 1.31. The molecule has 0 radical (unpaired) electrons. The molecule has 0 aliphatic rings. The van der Waals surface area contributed by atoms with Gasteiger partial charge in [0.2, 0.25) is 0 Å². The van der Waals surface area contributed by atoms with Gasteiger partial charge in [0.25, 0.3) is 0 Å².